The highest BCUT2D eigenvalue weighted by Gasteiger charge is 2.26. The Bertz CT molecular complexity index is 985. The van der Waals surface area contributed by atoms with E-state index in [2.05, 4.69) is 10.2 Å². The Kier molecular flexibility index (Phi) is 8.37. The summed E-state index contributed by atoms with van der Waals surface area (Å²) in [5, 5.41) is 14.0. The van der Waals surface area contributed by atoms with Crippen LogP contribution in [0.2, 0.25) is 10.0 Å². The van der Waals surface area contributed by atoms with E-state index >= 15 is 0 Å². The van der Waals surface area contributed by atoms with Gasteiger partial charge in [0.2, 0.25) is 5.91 Å². The maximum absolute atomic E-state index is 11.6. The van der Waals surface area contributed by atoms with Crippen LogP contribution in [0.5, 0.6) is 11.5 Å². The first-order valence-corrected chi connectivity index (χ1v) is 11.0. The number of carbonyl (C=O) groups is 2. The van der Waals surface area contributed by atoms with E-state index in [-0.39, 0.29) is 24.4 Å². The average molecular weight is 481 g/mol. The van der Waals surface area contributed by atoms with E-state index in [9.17, 15) is 14.7 Å². The molecule has 7 nitrogen and oxygen atoms in total. The standard InChI is InChI=1S/C23H26Cl2N2O5/c1-14(28)16-3-6-23(22(9-16)26-15(2)29)31-13-17(30)11-27-8-7-19(12-27)32-18-4-5-20(24)21(25)10-18/h3-6,9-10,17,19,30H,7-8,11-13H2,1-2H3,(H,26,29). The monoisotopic (exact) mass is 480 g/mol. The van der Waals surface area contributed by atoms with Crippen molar-refractivity contribution in [3.8, 4) is 11.5 Å². The summed E-state index contributed by atoms with van der Waals surface area (Å²) in [5.41, 5.74) is 0.861. The minimum Gasteiger partial charge on any atom is -0.489 e. The Morgan fingerprint density at radius 2 is 1.97 bits per heavy atom. The van der Waals surface area contributed by atoms with Crippen molar-refractivity contribution in [2.45, 2.75) is 32.5 Å². The number of aliphatic hydroxyl groups is 1. The lowest BCUT2D eigenvalue weighted by Gasteiger charge is -2.21. The van der Waals surface area contributed by atoms with E-state index in [1.807, 2.05) is 0 Å². The van der Waals surface area contributed by atoms with Crippen molar-refractivity contribution < 1.29 is 24.2 Å². The maximum atomic E-state index is 11.6. The van der Waals surface area contributed by atoms with Crippen LogP contribution in [0.15, 0.2) is 36.4 Å². The van der Waals surface area contributed by atoms with Gasteiger partial charge in [-0.1, -0.05) is 23.2 Å². The molecule has 1 amide bonds. The number of likely N-dealkylation sites (tertiary alicyclic amines) is 1. The Hall–Kier alpha value is -2.32. The van der Waals surface area contributed by atoms with Crippen molar-refractivity contribution in [1.29, 1.82) is 0 Å². The minimum absolute atomic E-state index is 0.00847. The molecule has 1 fully saturated rings. The third-order valence-corrected chi connectivity index (χ3v) is 5.76. The van der Waals surface area contributed by atoms with Gasteiger partial charge in [-0.2, -0.15) is 0 Å². The number of halogens is 2. The van der Waals surface area contributed by atoms with Gasteiger partial charge in [0, 0.05) is 38.2 Å². The molecule has 9 heteroatoms. The van der Waals surface area contributed by atoms with Crippen LogP contribution in [0.3, 0.4) is 0 Å². The predicted octanol–water partition coefficient (Wildman–Crippen LogP) is 4.05. The molecule has 0 saturated carbocycles. The SMILES string of the molecule is CC(=O)Nc1cc(C(C)=O)ccc1OCC(O)CN1CCC(Oc2ccc(Cl)c(Cl)c2)C1. The molecule has 1 saturated heterocycles. The van der Waals surface area contributed by atoms with Gasteiger partial charge in [-0.15, -0.1) is 0 Å². The fourth-order valence-corrected chi connectivity index (χ4v) is 3.79. The smallest absolute Gasteiger partial charge is 0.221 e. The molecule has 2 unspecified atom stereocenters. The van der Waals surface area contributed by atoms with E-state index in [4.69, 9.17) is 32.7 Å². The molecule has 2 N–H and O–H groups in total. The molecular weight excluding hydrogens is 455 g/mol. The van der Waals surface area contributed by atoms with Crippen LogP contribution in [0.4, 0.5) is 5.69 Å². The number of β-amino-alcohol motifs (C(OH)–C–C–N with tert-alkyl or cyclic N) is 1. The largest absolute Gasteiger partial charge is 0.489 e. The Morgan fingerprint density at radius 3 is 2.66 bits per heavy atom. The number of amides is 1. The zero-order chi connectivity index (χ0) is 23.3. The number of aliphatic hydroxyl groups excluding tert-OH is 1. The van der Waals surface area contributed by atoms with E-state index in [1.54, 1.807) is 36.4 Å². The lowest BCUT2D eigenvalue weighted by molar-refractivity contribution is -0.114. The lowest BCUT2D eigenvalue weighted by atomic mass is 10.1. The van der Waals surface area contributed by atoms with Crippen LogP contribution in [0.25, 0.3) is 0 Å². The van der Waals surface area contributed by atoms with Crippen LogP contribution in [0.1, 0.15) is 30.6 Å². The Balaban J connectivity index is 1.51. The van der Waals surface area contributed by atoms with E-state index in [0.29, 0.717) is 45.9 Å². The highest BCUT2D eigenvalue weighted by atomic mass is 35.5. The molecule has 0 bridgehead atoms. The fourth-order valence-electron chi connectivity index (χ4n) is 3.50. The van der Waals surface area contributed by atoms with E-state index in [1.165, 1.54) is 13.8 Å². The molecular formula is C23H26Cl2N2O5. The molecule has 0 radical (unpaired) electrons. The number of Topliss-reactive ketones (excluding diaryl/α,β-unsaturated/α-hetero) is 1. The summed E-state index contributed by atoms with van der Waals surface area (Å²) >= 11 is 12.0. The molecule has 1 aliphatic rings. The molecule has 0 spiro atoms. The zero-order valence-electron chi connectivity index (χ0n) is 17.9. The highest BCUT2D eigenvalue weighted by Crippen LogP contribution is 2.29. The normalized spacial score (nSPS) is 17.1. The summed E-state index contributed by atoms with van der Waals surface area (Å²) in [5.74, 6) is 0.664. The summed E-state index contributed by atoms with van der Waals surface area (Å²) in [6, 6.07) is 9.98. The van der Waals surface area contributed by atoms with Crippen molar-refractivity contribution >= 4 is 40.6 Å². The first-order chi connectivity index (χ1) is 15.2. The molecule has 172 valence electrons. The lowest BCUT2D eigenvalue weighted by Crippen LogP contribution is -2.35. The quantitative estimate of drug-likeness (QED) is 0.526. The van der Waals surface area contributed by atoms with Crippen molar-refractivity contribution in [1.82, 2.24) is 4.90 Å². The maximum Gasteiger partial charge on any atom is 0.221 e. The zero-order valence-corrected chi connectivity index (χ0v) is 19.4. The number of hydrogen-bond donors (Lipinski definition) is 2. The molecule has 32 heavy (non-hydrogen) atoms. The molecule has 2 aromatic rings. The second kappa shape index (κ2) is 11.0. The van der Waals surface area contributed by atoms with Gasteiger partial charge in [-0.25, -0.2) is 0 Å². The number of nitrogens with one attached hydrogen (secondary N) is 1. The average Bonchev–Trinajstić information content (AvgIpc) is 3.15. The second-order valence-corrected chi connectivity index (χ2v) is 8.59. The number of anilines is 1. The topological polar surface area (TPSA) is 88.1 Å². The summed E-state index contributed by atoms with van der Waals surface area (Å²) in [6.45, 7) is 4.74. The Labute approximate surface area is 197 Å². The van der Waals surface area contributed by atoms with Gasteiger partial charge in [0.1, 0.15) is 30.3 Å². The van der Waals surface area contributed by atoms with Crippen LogP contribution in [-0.2, 0) is 4.79 Å². The van der Waals surface area contributed by atoms with Gasteiger partial charge in [-0.3, -0.25) is 14.5 Å². The number of carbonyl (C=O) groups excluding carboxylic acids is 2. The van der Waals surface area contributed by atoms with Crippen LogP contribution in [-0.4, -0.2) is 60.1 Å². The molecule has 2 aromatic carbocycles. The van der Waals surface area contributed by atoms with Gasteiger partial charge >= 0.3 is 0 Å². The third kappa shape index (κ3) is 6.84. The second-order valence-electron chi connectivity index (χ2n) is 7.78. The first kappa shape index (κ1) is 24.3. The molecule has 0 aromatic heterocycles. The molecule has 1 aliphatic heterocycles. The first-order valence-electron chi connectivity index (χ1n) is 10.3. The van der Waals surface area contributed by atoms with Gasteiger partial charge in [0.05, 0.1) is 15.7 Å². The Morgan fingerprint density at radius 1 is 1.19 bits per heavy atom. The van der Waals surface area contributed by atoms with Gasteiger partial charge in [-0.05, 0) is 43.7 Å². The number of benzene rings is 2. The van der Waals surface area contributed by atoms with Crippen LogP contribution < -0.4 is 14.8 Å². The number of hydrogen-bond acceptors (Lipinski definition) is 6. The summed E-state index contributed by atoms with van der Waals surface area (Å²) < 4.78 is 11.7. The van der Waals surface area contributed by atoms with Crippen molar-refractivity contribution in [3.63, 3.8) is 0 Å². The van der Waals surface area contributed by atoms with Crippen molar-refractivity contribution in [2.24, 2.45) is 0 Å². The van der Waals surface area contributed by atoms with Crippen molar-refractivity contribution in [2.75, 3.05) is 31.6 Å². The van der Waals surface area contributed by atoms with Gasteiger partial charge < -0.3 is 19.9 Å². The summed E-state index contributed by atoms with van der Waals surface area (Å²) in [6.07, 6.45) is 0.0785. The van der Waals surface area contributed by atoms with Crippen molar-refractivity contribution in [3.05, 3.63) is 52.0 Å². The minimum atomic E-state index is -0.739. The molecule has 2 atom stereocenters. The molecule has 1 heterocycles. The number of nitrogens with zero attached hydrogens (tertiary/aromatic N) is 1. The van der Waals surface area contributed by atoms with E-state index in [0.717, 1.165) is 13.0 Å². The fraction of sp³-hybridized carbons (Fsp3) is 0.391. The highest BCUT2D eigenvalue weighted by molar-refractivity contribution is 6.42. The van der Waals surface area contributed by atoms with Gasteiger partial charge in [0.25, 0.3) is 0 Å². The van der Waals surface area contributed by atoms with Crippen LogP contribution >= 0.6 is 23.2 Å². The van der Waals surface area contributed by atoms with Gasteiger partial charge in [0.15, 0.2) is 5.78 Å². The van der Waals surface area contributed by atoms with Crippen LogP contribution in [0, 0.1) is 0 Å². The summed E-state index contributed by atoms with van der Waals surface area (Å²) in [4.78, 5) is 25.2. The van der Waals surface area contributed by atoms with E-state index < -0.39 is 6.10 Å². The molecule has 0 aliphatic carbocycles. The number of ether oxygens (including phenoxy) is 2. The number of rotatable bonds is 9. The third-order valence-electron chi connectivity index (χ3n) is 5.02. The number of ketones is 1. The molecule has 3 rings (SSSR count). The summed E-state index contributed by atoms with van der Waals surface area (Å²) in [7, 11) is 0. The predicted molar refractivity (Wildman–Crippen MR) is 124 cm³/mol.